The van der Waals surface area contributed by atoms with Crippen molar-refractivity contribution in [2.45, 2.75) is 32.4 Å². The number of rotatable bonds is 5. The van der Waals surface area contributed by atoms with Gasteiger partial charge in [-0.15, -0.1) is 11.3 Å². The van der Waals surface area contributed by atoms with Crippen LogP contribution in [0.15, 0.2) is 36.0 Å². The van der Waals surface area contributed by atoms with E-state index in [2.05, 4.69) is 9.55 Å². The number of amides is 1. The van der Waals surface area contributed by atoms with Gasteiger partial charge in [-0.1, -0.05) is 0 Å². The van der Waals surface area contributed by atoms with Gasteiger partial charge in [-0.3, -0.25) is 9.78 Å². The molecule has 3 aromatic rings. The molecule has 0 aliphatic carbocycles. The fraction of sp³-hybridized carbons (Fsp3) is 0.316. The molecular formula is C19H20N4O2S. The number of nitrogens with zero attached hydrogens (tertiary/aromatic N) is 3. The maximum atomic E-state index is 11.8. The number of ether oxygens (including phenoxy) is 1. The van der Waals surface area contributed by atoms with E-state index in [0.29, 0.717) is 12.1 Å². The Morgan fingerprint density at radius 2 is 2.38 bits per heavy atom. The average Bonchev–Trinajstić information content (AvgIpc) is 3.38. The molecule has 134 valence electrons. The molecule has 1 saturated heterocycles. The summed E-state index contributed by atoms with van der Waals surface area (Å²) in [6, 6.07) is 5.72. The molecule has 1 aliphatic heterocycles. The zero-order valence-corrected chi connectivity index (χ0v) is 15.3. The number of hydrogen-bond acceptors (Lipinski definition) is 5. The lowest BCUT2D eigenvalue weighted by molar-refractivity contribution is 0.0961. The number of carbonyl (C=O) groups excluding carboxylic acids is 1. The first-order chi connectivity index (χ1) is 12.6. The highest BCUT2D eigenvalue weighted by atomic mass is 32.1. The van der Waals surface area contributed by atoms with E-state index in [9.17, 15) is 4.79 Å². The van der Waals surface area contributed by atoms with Crippen molar-refractivity contribution in [1.82, 2.24) is 14.5 Å². The number of pyridine rings is 1. The second kappa shape index (κ2) is 7.01. The summed E-state index contributed by atoms with van der Waals surface area (Å²) >= 11 is 1.56. The topological polar surface area (TPSA) is 83.0 Å². The predicted molar refractivity (Wildman–Crippen MR) is 101 cm³/mol. The molecule has 4 rings (SSSR count). The Hall–Kier alpha value is -2.51. The van der Waals surface area contributed by atoms with Crippen LogP contribution in [0.3, 0.4) is 0 Å². The normalized spacial score (nSPS) is 16.9. The maximum absolute atomic E-state index is 11.8. The lowest BCUT2D eigenvalue weighted by atomic mass is 10.2. The zero-order valence-electron chi connectivity index (χ0n) is 14.5. The Morgan fingerprint density at radius 1 is 1.50 bits per heavy atom. The van der Waals surface area contributed by atoms with E-state index in [0.717, 1.165) is 47.1 Å². The molecule has 0 radical (unpaired) electrons. The van der Waals surface area contributed by atoms with Crippen LogP contribution in [-0.4, -0.2) is 33.2 Å². The van der Waals surface area contributed by atoms with Gasteiger partial charge >= 0.3 is 0 Å². The molecule has 1 fully saturated rings. The molecular weight excluding hydrogens is 348 g/mol. The van der Waals surface area contributed by atoms with Gasteiger partial charge < -0.3 is 15.0 Å². The molecule has 4 heterocycles. The molecule has 1 atom stereocenters. The van der Waals surface area contributed by atoms with Gasteiger partial charge in [-0.2, -0.15) is 0 Å². The number of primary amides is 1. The summed E-state index contributed by atoms with van der Waals surface area (Å²) in [4.78, 5) is 20.8. The number of nitrogens with two attached hydrogens (primary N) is 1. The summed E-state index contributed by atoms with van der Waals surface area (Å²) in [6.07, 6.45) is 5.81. The summed E-state index contributed by atoms with van der Waals surface area (Å²) < 4.78 is 7.89. The number of hydrogen-bond donors (Lipinski definition) is 1. The monoisotopic (exact) mass is 368 g/mol. The molecule has 1 aliphatic rings. The third-order valence-electron chi connectivity index (χ3n) is 4.72. The highest BCUT2D eigenvalue weighted by molar-refractivity contribution is 7.13. The molecule has 1 amide bonds. The van der Waals surface area contributed by atoms with E-state index >= 15 is 0 Å². The Balaban J connectivity index is 1.74. The van der Waals surface area contributed by atoms with Gasteiger partial charge in [0.05, 0.1) is 23.1 Å². The van der Waals surface area contributed by atoms with Crippen LogP contribution in [0.25, 0.3) is 22.0 Å². The Morgan fingerprint density at radius 3 is 3.08 bits per heavy atom. The summed E-state index contributed by atoms with van der Waals surface area (Å²) in [5.74, 6) is -0.419. The molecule has 1 unspecified atom stereocenters. The van der Waals surface area contributed by atoms with Gasteiger partial charge in [0.1, 0.15) is 5.01 Å². The smallest absolute Gasteiger partial charge is 0.250 e. The van der Waals surface area contributed by atoms with E-state index in [-0.39, 0.29) is 6.10 Å². The third kappa shape index (κ3) is 3.15. The Kier molecular flexibility index (Phi) is 4.57. The quantitative estimate of drug-likeness (QED) is 0.749. The van der Waals surface area contributed by atoms with E-state index in [1.54, 1.807) is 23.7 Å². The highest BCUT2D eigenvalue weighted by Gasteiger charge is 2.23. The molecule has 6 nitrogen and oxygen atoms in total. The zero-order chi connectivity index (χ0) is 18.1. The fourth-order valence-electron chi connectivity index (χ4n) is 3.35. The van der Waals surface area contributed by atoms with Gasteiger partial charge in [0, 0.05) is 42.2 Å². The standard InChI is InChI=1S/C19H20N4O2S/c1-12-15(18(20)24)8-17(23(12)10-14-5-3-7-25-14)16-11-26-19(22-16)13-4-2-6-21-9-13/h2,4,6,8-9,11,14H,3,5,7,10H2,1H3,(H2,20,24). The number of thiazole rings is 1. The fourth-order valence-corrected chi connectivity index (χ4v) is 4.15. The van der Waals surface area contributed by atoms with Crippen LogP contribution in [0.4, 0.5) is 0 Å². The largest absolute Gasteiger partial charge is 0.376 e. The van der Waals surface area contributed by atoms with Crippen LogP contribution in [-0.2, 0) is 11.3 Å². The molecule has 26 heavy (non-hydrogen) atoms. The number of carbonyl (C=O) groups is 1. The van der Waals surface area contributed by atoms with Crippen molar-refractivity contribution in [3.05, 3.63) is 47.2 Å². The van der Waals surface area contributed by atoms with Crippen LogP contribution < -0.4 is 5.73 Å². The van der Waals surface area contributed by atoms with Crippen molar-refractivity contribution in [2.24, 2.45) is 5.73 Å². The van der Waals surface area contributed by atoms with E-state index in [1.807, 2.05) is 30.5 Å². The Labute approximate surface area is 155 Å². The summed E-state index contributed by atoms with van der Waals surface area (Å²) in [7, 11) is 0. The maximum Gasteiger partial charge on any atom is 0.250 e. The summed E-state index contributed by atoms with van der Waals surface area (Å²) in [6.45, 7) is 3.42. The minimum atomic E-state index is -0.419. The van der Waals surface area contributed by atoms with E-state index in [1.165, 1.54) is 0 Å². The van der Waals surface area contributed by atoms with E-state index < -0.39 is 5.91 Å². The molecule has 7 heteroatoms. The van der Waals surface area contributed by atoms with Crippen LogP contribution in [0, 0.1) is 6.92 Å². The van der Waals surface area contributed by atoms with E-state index in [4.69, 9.17) is 15.5 Å². The van der Waals surface area contributed by atoms with Crippen LogP contribution >= 0.6 is 11.3 Å². The molecule has 0 saturated carbocycles. The first kappa shape index (κ1) is 16.9. The van der Waals surface area contributed by atoms with Crippen molar-refractivity contribution in [3.63, 3.8) is 0 Å². The first-order valence-corrected chi connectivity index (χ1v) is 9.49. The predicted octanol–water partition coefficient (Wildman–Crippen LogP) is 3.26. The average molecular weight is 368 g/mol. The van der Waals surface area contributed by atoms with Gasteiger partial charge in [0.15, 0.2) is 0 Å². The van der Waals surface area contributed by atoms with Crippen LogP contribution in [0.1, 0.15) is 28.9 Å². The minimum Gasteiger partial charge on any atom is -0.376 e. The first-order valence-electron chi connectivity index (χ1n) is 8.61. The molecule has 0 bridgehead atoms. The van der Waals surface area contributed by atoms with Gasteiger partial charge in [-0.05, 0) is 38.0 Å². The van der Waals surface area contributed by atoms with Gasteiger partial charge in [-0.25, -0.2) is 4.98 Å². The third-order valence-corrected chi connectivity index (χ3v) is 5.61. The van der Waals surface area contributed by atoms with Gasteiger partial charge in [0.2, 0.25) is 0 Å². The van der Waals surface area contributed by atoms with Gasteiger partial charge in [0.25, 0.3) is 5.91 Å². The number of aromatic nitrogens is 3. The minimum absolute atomic E-state index is 0.164. The van der Waals surface area contributed by atoms with Crippen molar-refractivity contribution in [3.8, 4) is 22.0 Å². The van der Waals surface area contributed by atoms with Crippen LogP contribution in [0.2, 0.25) is 0 Å². The molecule has 2 N–H and O–H groups in total. The molecule has 3 aromatic heterocycles. The molecule has 0 aromatic carbocycles. The highest BCUT2D eigenvalue weighted by Crippen LogP contribution is 2.32. The summed E-state index contributed by atoms with van der Waals surface area (Å²) in [5.41, 5.74) is 9.68. The van der Waals surface area contributed by atoms with Crippen LogP contribution in [0.5, 0.6) is 0 Å². The van der Waals surface area contributed by atoms with Crippen molar-refractivity contribution in [2.75, 3.05) is 6.61 Å². The van der Waals surface area contributed by atoms with Crippen molar-refractivity contribution >= 4 is 17.2 Å². The SMILES string of the molecule is Cc1c(C(N)=O)cc(-c2csc(-c3cccnc3)n2)n1CC1CCCO1. The second-order valence-corrected chi connectivity index (χ2v) is 7.28. The lowest BCUT2D eigenvalue weighted by Crippen LogP contribution is -2.18. The lowest BCUT2D eigenvalue weighted by Gasteiger charge is -2.15. The summed E-state index contributed by atoms with van der Waals surface area (Å²) in [5, 5.41) is 2.91. The second-order valence-electron chi connectivity index (χ2n) is 6.42. The van der Waals surface area contributed by atoms with Crippen molar-refractivity contribution in [1.29, 1.82) is 0 Å². The van der Waals surface area contributed by atoms with Crippen molar-refractivity contribution < 1.29 is 9.53 Å². The molecule has 0 spiro atoms. The Bertz CT molecular complexity index is 926.